The van der Waals surface area contributed by atoms with Gasteiger partial charge in [-0.2, -0.15) is 0 Å². The van der Waals surface area contributed by atoms with E-state index in [2.05, 4.69) is 28.4 Å². The summed E-state index contributed by atoms with van der Waals surface area (Å²) in [5.74, 6) is -0.0788. The molecule has 0 radical (unpaired) electrons. The van der Waals surface area contributed by atoms with Crippen LogP contribution in [0.15, 0.2) is 35.4 Å². The minimum Gasteiger partial charge on any atom is -0.371 e. The molecule has 1 N–H and O–H groups in total. The van der Waals surface area contributed by atoms with E-state index in [4.69, 9.17) is 23.8 Å². The second kappa shape index (κ2) is 9.96. The summed E-state index contributed by atoms with van der Waals surface area (Å²) < 4.78 is 0. The Morgan fingerprint density at radius 3 is 2.81 bits per heavy atom. The number of halogens is 1. The lowest BCUT2D eigenvalue weighted by Gasteiger charge is -2.29. The maximum Gasteiger partial charge on any atom is 0.265 e. The lowest BCUT2D eigenvalue weighted by molar-refractivity contribution is -0.128. The smallest absolute Gasteiger partial charge is 0.265 e. The average Bonchev–Trinajstić information content (AvgIpc) is 3.18. The standard InChI is InChI=1S/C24H28ClN3O2S/c25-11-4-12-27-13-10-19-15-18(7-8-21(19)27)16-20-22(29)26-24(31)28(23(20)30)14-9-17-5-2-1-3-6-17/h5,7-8,15-16H,1-4,6,9-14H2,(H,26,29,31)/b20-16+. The number of nitrogens with zero attached hydrogens (tertiary/aromatic N) is 2. The number of allylic oxidation sites excluding steroid dienone is 1. The maximum atomic E-state index is 13.1. The van der Waals surface area contributed by atoms with E-state index >= 15 is 0 Å². The predicted molar refractivity (Wildman–Crippen MR) is 129 cm³/mol. The lowest BCUT2D eigenvalue weighted by Crippen LogP contribution is -2.54. The van der Waals surface area contributed by atoms with E-state index < -0.39 is 5.91 Å². The molecular weight excluding hydrogens is 430 g/mol. The molecule has 3 aliphatic rings. The second-order valence-electron chi connectivity index (χ2n) is 8.30. The summed E-state index contributed by atoms with van der Waals surface area (Å²) in [5.41, 5.74) is 4.84. The Hall–Kier alpha value is -2.18. The van der Waals surface area contributed by atoms with Crippen LogP contribution in [0.2, 0.25) is 0 Å². The molecule has 1 aliphatic carbocycles. The molecule has 1 saturated heterocycles. The van der Waals surface area contributed by atoms with Gasteiger partial charge in [-0.1, -0.05) is 17.7 Å². The molecule has 1 fully saturated rings. The van der Waals surface area contributed by atoms with E-state index in [1.54, 1.807) is 6.08 Å². The molecule has 1 aromatic rings. The number of anilines is 1. The van der Waals surface area contributed by atoms with Crippen LogP contribution in [0.4, 0.5) is 5.69 Å². The SMILES string of the molecule is O=C1NC(=S)N(CCC2=CCCCC2)C(=O)/C1=C/c1ccc2c(c1)CCN2CCCCl. The van der Waals surface area contributed by atoms with Crippen molar-refractivity contribution < 1.29 is 9.59 Å². The molecule has 2 amide bonds. The fraction of sp³-hybridized carbons (Fsp3) is 0.458. The van der Waals surface area contributed by atoms with Gasteiger partial charge >= 0.3 is 0 Å². The number of rotatable bonds is 7. The number of fused-ring (bicyclic) bond motifs is 1. The number of carbonyl (C=O) groups excluding carboxylic acids is 2. The zero-order valence-electron chi connectivity index (χ0n) is 17.7. The zero-order valence-corrected chi connectivity index (χ0v) is 19.2. The van der Waals surface area contributed by atoms with E-state index in [0.717, 1.165) is 50.8 Å². The van der Waals surface area contributed by atoms with Crippen LogP contribution in [-0.4, -0.2) is 47.3 Å². The predicted octanol–water partition coefficient (Wildman–Crippen LogP) is 4.20. The summed E-state index contributed by atoms with van der Waals surface area (Å²) >= 11 is 11.1. The Morgan fingerprint density at radius 1 is 1.16 bits per heavy atom. The second-order valence-corrected chi connectivity index (χ2v) is 9.06. The largest absolute Gasteiger partial charge is 0.371 e. The Morgan fingerprint density at radius 2 is 2.03 bits per heavy atom. The van der Waals surface area contributed by atoms with Crippen molar-refractivity contribution in [1.29, 1.82) is 0 Å². The average molecular weight is 458 g/mol. The molecule has 4 rings (SSSR count). The number of alkyl halides is 1. The summed E-state index contributed by atoms with van der Waals surface area (Å²) in [6.07, 6.45) is 11.3. The van der Waals surface area contributed by atoms with Gasteiger partial charge in [0.2, 0.25) is 0 Å². The fourth-order valence-electron chi connectivity index (χ4n) is 4.51. The van der Waals surface area contributed by atoms with Crippen molar-refractivity contribution in [2.45, 2.75) is 44.9 Å². The molecule has 7 heteroatoms. The first-order valence-electron chi connectivity index (χ1n) is 11.1. The molecule has 0 bridgehead atoms. The molecular formula is C24H28ClN3O2S. The first-order valence-corrected chi connectivity index (χ1v) is 12.0. The summed E-state index contributed by atoms with van der Waals surface area (Å²) in [5, 5.41) is 2.89. The van der Waals surface area contributed by atoms with Gasteiger partial charge in [-0.15, -0.1) is 11.6 Å². The molecule has 2 heterocycles. The van der Waals surface area contributed by atoms with Crippen molar-refractivity contribution in [2.24, 2.45) is 0 Å². The number of amides is 2. The minimum atomic E-state index is -0.424. The lowest BCUT2D eigenvalue weighted by atomic mass is 9.97. The number of carbonyl (C=O) groups is 2. The molecule has 164 valence electrons. The summed E-state index contributed by atoms with van der Waals surface area (Å²) in [6.45, 7) is 2.42. The third-order valence-electron chi connectivity index (χ3n) is 6.20. The molecule has 1 aromatic carbocycles. The van der Waals surface area contributed by atoms with Gasteiger partial charge in [-0.05, 0) is 86.5 Å². The highest BCUT2D eigenvalue weighted by atomic mass is 35.5. The van der Waals surface area contributed by atoms with Gasteiger partial charge in [0.25, 0.3) is 11.8 Å². The molecule has 0 atom stereocenters. The van der Waals surface area contributed by atoms with Gasteiger partial charge < -0.3 is 4.90 Å². The molecule has 2 aliphatic heterocycles. The van der Waals surface area contributed by atoms with E-state index in [1.165, 1.54) is 34.6 Å². The van der Waals surface area contributed by atoms with Crippen LogP contribution in [0.5, 0.6) is 0 Å². The van der Waals surface area contributed by atoms with Crippen molar-refractivity contribution in [3.05, 3.63) is 46.5 Å². The van der Waals surface area contributed by atoms with Crippen LogP contribution in [0.3, 0.4) is 0 Å². The Labute approximate surface area is 194 Å². The highest BCUT2D eigenvalue weighted by molar-refractivity contribution is 7.80. The molecule has 0 aromatic heterocycles. The van der Waals surface area contributed by atoms with Gasteiger partial charge in [0.1, 0.15) is 5.57 Å². The number of hydrogen-bond donors (Lipinski definition) is 1. The summed E-state index contributed by atoms with van der Waals surface area (Å²) in [7, 11) is 0. The van der Waals surface area contributed by atoms with Crippen LogP contribution >= 0.6 is 23.8 Å². The van der Waals surface area contributed by atoms with Gasteiger partial charge in [0, 0.05) is 31.2 Å². The molecule has 0 saturated carbocycles. The molecule has 31 heavy (non-hydrogen) atoms. The summed E-state index contributed by atoms with van der Waals surface area (Å²) in [6, 6.07) is 6.12. The van der Waals surface area contributed by atoms with Crippen LogP contribution in [0, 0.1) is 0 Å². The topological polar surface area (TPSA) is 52.7 Å². The van der Waals surface area contributed by atoms with E-state index in [9.17, 15) is 9.59 Å². The number of benzene rings is 1. The first kappa shape index (κ1) is 22.0. The van der Waals surface area contributed by atoms with Crippen LogP contribution in [0.25, 0.3) is 6.08 Å². The van der Waals surface area contributed by atoms with Crippen molar-refractivity contribution in [2.75, 3.05) is 30.4 Å². The van der Waals surface area contributed by atoms with Crippen molar-refractivity contribution >= 4 is 52.5 Å². The first-order chi connectivity index (χ1) is 15.1. The number of nitrogens with one attached hydrogen (secondary N) is 1. The van der Waals surface area contributed by atoms with Crippen molar-refractivity contribution in [1.82, 2.24) is 10.2 Å². The van der Waals surface area contributed by atoms with Gasteiger partial charge in [-0.25, -0.2) is 0 Å². The Bertz CT molecular complexity index is 956. The van der Waals surface area contributed by atoms with E-state index in [0.29, 0.717) is 12.4 Å². The van der Waals surface area contributed by atoms with Crippen molar-refractivity contribution in [3.8, 4) is 0 Å². The van der Waals surface area contributed by atoms with Crippen LogP contribution in [0.1, 0.15) is 49.7 Å². The zero-order chi connectivity index (χ0) is 21.8. The Balaban J connectivity index is 1.50. The number of hydrogen-bond acceptors (Lipinski definition) is 4. The van der Waals surface area contributed by atoms with Gasteiger partial charge in [0.15, 0.2) is 5.11 Å². The monoisotopic (exact) mass is 457 g/mol. The van der Waals surface area contributed by atoms with Crippen LogP contribution in [-0.2, 0) is 16.0 Å². The number of thiocarbonyl (C=S) groups is 1. The highest BCUT2D eigenvalue weighted by Gasteiger charge is 2.33. The third kappa shape index (κ3) is 5.01. The molecule has 5 nitrogen and oxygen atoms in total. The molecule has 0 spiro atoms. The normalized spacial score (nSPS) is 20.2. The maximum absolute atomic E-state index is 13.1. The van der Waals surface area contributed by atoms with Crippen molar-refractivity contribution in [3.63, 3.8) is 0 Å². The molecule has 0 unspecified atom stereocenters. The fourth-order valence-corrected chi connectivity index (χ4v) is 4.90. The quantitative estimate of drug-likeness (QED) is 0.219. The van der Waals surface area contributed by atoms with Crippen LogP contribution < -0.4 is 10.2 Å². The highest BCUT2D eigenvalue weighted by Crippen LogP contribution is 2.30. The third-order valence-corrected chi connectivity index (χ3v) is 6.79. The van der Waals surface area contributed by atoms with E-state index in [1.807, 2.05) is 6.07 Å². The van der Waals surface area contributed by atoms with E-state index in [-0.39, 0.29) is 16.6 Å². The van der Waals surface area contributed by atoms with Gasteiger partial charge in [0.05, 0.1) is 0 Å². The minimum absolute atomic E-state index is 0.142. The van der Waals surface area contributed by atoms with Gasteiger partial charge in [-0.3, -0.25) is 19.8 Å². The summed E-state index contributed by atoms with van der Waals surface area (Å²) in [4.78, 5) is 29.5. The Kier molecular flexibility index (Phi) is 7.08.